The highest BCUT2D eigenvalue weighted by atomic mass is 35.5. The van der Waals surface area contributed by atoms with E-state index in [1.165, 1.54) is 11.8 Å². The molecule has 9 heteroatoms. The number of amides is 2. The quantitative estimate of drug-likeness (QED) is 0.319. The van der Waals surface area contributed by atoms with Gasteiger partial charge in [-0.25, -0.2) is 0 Å². The van der Waals surface area contributed by atoms with Crippen molar-refractivity contribution in [2.75, 3.05) is 23.5 Å². The molecule has 0 radical (unpaired) electrons. The molecule has 0 saturated carbocycles. The number of nitriles is 1. The van der Waals surface area contributed by atoms with Gasteiger partial charge in [0.15, 0.2) is 0 Å². The zero-order valence-corrected chi connectivity index (χ0v) is 22.3. The standard InChI is InChI=1S/C29H25ClN4O3S/c1-18-26(28(36)34-19-9-4-3-5-10-19)27(22-13-6-7-14-24(22)30)23(16-31)29(32-18)38-17-25(35)33-20-11-8-12-21(15-20)37-2/h3-15,27,32H,17H2,1-2H3,(H,33,35)(H,34,36). The summed E-state index contributed by atoms with van der Waals surface area (Å²) in [4.78, 5) is 26.2. The van der Waals surface area contributed by atoms with Crippen LogP contribution in [0.4, 0.5) is 11.4 Å². The number of thioether (sulfide) groups is 1. The molecule has 0 aromatic heterocycles. The second kappa shape index (κ2) is 12.4. The van der Waals surface area contributed by atoms with Crippen LogP contribution in [0, 0.1) is 11.3 Å². The predicted octanol–water partition coefficient (Wildman–Crippen LogP) is 6.06. The summed E-state index contributed by atoms with van der Waals surface area (Å²) in [6, 6.07) is 25.5. The number of nitrogens with zero attached hydrogens (tertiary/aromatic N) is 1. The van der Waals surface area contributed by atoms with Crippen molar-refractivity contribution < 1.29 is 14.3 Å². The van der Waals surface area contributed by atoms with E-state index in [-0.39, 0.29) is 17.6 Å². The molecule has 0 spiro atoms. The molecule has 0 saturated heterocycles. The molecule has 1 heterocycles. The van der Waals surface area contributed by atoms with Gasteiger partial charge in [-0.1, -0.05) is 65.8 Å². The summed E-state index contributed by atoms with van der Waals surface area (Å²) < 4.78 is 5.20. The number of nitrogens with one attached hydrogen (secondary N) is 3. The van der Waals surface area contributed by atoms with Gasteiger partial charge in [-0.2, -0.15) is 5.26 Å². The van der Waals surface area contributed by atoms with Gasteiger partial charge in [0, 0.05) is 33.7 Å². The second-order valence-corrected chi connectivity index (χ2v) is 9.75. The van der Waals surface area contributed by atoms with Crippen LogP contribution in [0.1, 0.15) is 18.4 Å². The topological polar surface area (TPSA) is 103 Å². The number of rotatable bonds is 8. The average Bonchev–Trinajstić information content (AvgIpc) is 2.92. The van der Waals surface area contributed by atoms with Gasteiger partial charge in [0.25, 0.3) is 5.91 Å². The Morgan fingerprint density at radius 3 is 2.45 bits per heavy atom. The van der Waals surface area contributed by atoms with Crippen LogP contribution in [0.15, 0.2) is 101 Å². The molecule has 2 amide bonds. The Labute approximate surface area is 230 Å². The Morgan fingerprint density at radius 1 is 1.03 bits per heavy atom. The summed E-state index contributed by atoms with van der Waals surface area (Å²) in [5, 5.41) is 20.1. The first-order chi connectivity index (χ1) is 18.4. The molecular weight excluding hydrogens is 520 g/mol. The van der Waals surface area contributed by atoms with Crippen LogP contribution < -0.4 is 20.7 Å². The summed E-state index contributed by atoms with van der Waals surface area (Å²) in [5.74, 6) is -0.651. The van der Waals surface area contributed by atoms with Gasteiger partial charge in [0.05, 0.1) is 35.5 Å². The fourth-order valence-corrected chi connectivity index (χ4v) is 5.24. The smallest absolute Gasteiger partial charge is 0.254 e. The molecule has 0 bridgehead atoms. The van der Waals surface area contributed by atoms with Crippen LogP contribution >= 0.6 is 23.4 Å². The van der Waals surface area contributed by atoms with Crippen LogP contribution in [0.2, 0.25) is 5.02 Å². The minimum atomic E-state index is -0.720. The molecule has 3 N–H and O–H groups in total. The lowest BCUT2D eigenvalue weighted by atomic mass is 9.82. The highest BCUT2D eigenvalue weighted by molar-refractivity contribution is 8.03. The van der Waals surface area contributed by atoms with E-state index in [9.17, 15) is 14.9 Å². The molecule has 3 aromatic carbocycles. The number of anilines is 2. The van der Waals surface area contributed by atoms with Crippen LogP contribution in [0.5, 0.6) is 5.75 Å². The first kappa shape index (κ1) is 26.9. The van der Waals surface area contributed by atoms with E-state index in [2.05, 4.69) is 22.0 Å². The van der Waals surface area contributed by atoms with Gasteiger partial charge >= 0.3 is 0 Å². The normalized spacial score (nSPS) is 14.8. The SMILES string of the molecule is COc1cccc(NC(=O)CSC2=C(C#N)C(c3ccccc3Cl)C(C(=O)Nc3ccccc3)=C(C)N2)c1. The van der Waals surface area contributed by atoms with Gasteiger partial charge in [-0.05, 0) is 42.8 Å². The van der Waals surface area contributed by atoms with Crippen molar-refractivity contribution in [3.05, 3.63) is 111 Å². The number of hydrogen-bond donors (Lipinski definition) is 3. The monoisotopic (exact) mass is 544 g/mol. The van der Waals surface area contributed by atoms with Gasteiger partial charge in [-0.3, -0.25) is 9.59 Å². The van der Waals surface area contributed by atoms with E-state index in [1.807, 2.05) is 24.3 Å². The van der Waals surface area contributed by atoms with E-state index >= 15 is 0 Å². The molecular formula is C29H25ClN4O3S. The molecule has 1 atom stereocenters. The van der Waals surface area contributed by atoms with Crippen molar-refractivity contribution in [3.63, 3.8) is 0 Å². The Bertz CT molecular complexity index is 1460. The average molecular weight is 545 g/mol. The number of allylic oxidation sites excluding steroid dienone is 2. The van der Waals surface area contributed by atoms with Crippen LogP contribution in [0.25, 0.3) is 0 Å². The summed E-state index contributed by atoms with van der Waals surface area (Å²) in [5.41, 5.74) is 3.12. The van der Waals surface area contributed by atoms with Gasteiger partial charge in [0.1, 0.15) is 5.75 Å². The van der Waals surface area contributed by atoms with E-state index < -0.39 is 5.92 Å². The number of hydrogen-bond acceptors (Lipinski definition) is 6. The maximum Gasteiger partial charge on any atom is 0.254 e. The minimum absolute atomic E-state index is 0.0405. The number of ether oxygens (including phenoxy) is 1. The van der Waals surface area contributed by atoms with Crippen molar-refractivity contribution in [2.24, 2.45) is 0 Å². The van der Waals surface area contributed by atoms with Crippen LogP contribution in [0.3, 0.4) is 0 Å². The van der Waals surface area contributed by atoms with Gasteiger partial charge < -0.3 is 20.7 Å². The Hall–Kier alpha value is -4.19. The van der Waals surface area contributed by atoms with Crippen LogP contribution in [-0.4, -0.2) is 24.7 Å². The molecule has 0 fully saturated rings. The highest BCUT2D eigenvalue weighted by Gasteiger charge is 2.35. The van der Waals surface area contributed by atoms with Crippen molar-refractivity contribution >= 4 is 46.6 Å². The molecule has 0 aliphatic carbocycles. The van der Waals surface area contributed by atoms with Crippen molar-refractivity contribution in [2.45, 2.75) is 12.8 Å². The third-order valence-electron chi connectivity index (χ3n) is 5.84. The predicted molar refractivity (Wildman–Crippen MR) is 152 cm³/mol. The zero-order chi connectivity index (χ0) is 27.1. The Balaban J connectivity index is 1.62. The lowest BCUT2D eigenvalue weighted by Gasteiger charge is -2.30. The molecule has 4 rings (SSSR count). The maximum atomic E-state index is 13.5. The molecule has 38 heavy (non-hydrogen) atoms. The molecule has 3 aromatic rings. The minimum Gasteiger partial charge on any atom is -0.497 e. The third kappa shape index (κ3) is 6.20. The van der Waals surface area contributed by atoms with E-state index in [0.29, 0.717) is 49.6 Å². The third-order valence-corrected chi connectivity index (χ3v) is 7.20. The Morgan fingerprint density at radius 2 is 1.74 bits per heavy atom. The summed E-state index contributed by atoms with van der Waals surface area (Å²) in [6.07, 6.45) is 0. The van der Waals surface area contributed by atoms with Gasteiger partial charge in [0.2, 0.25) is 5.91 Å². The number of para-hydroxylation sites is 1. The maximum absolute atomic E-state index is 13.5. The number of carbonyl (C=O) groups excluding carboxylic acids is 2. The first-order valence-electron chi connectivity index (χ1n) is 11.7. The number of halogens is 1. The van der Waals surface area contributed by atoms with Crippen molar-refractivity contribution in [3.8, 4) is 11.8 Å². The first-order valence-corrected chi connectivity index (χ1v) is 13.1. The summed E-state index contributed by atoms with van der Waals surface area (Å²) in [6.45, 7) is 1.77. The van der Waals surface area contributed by atoms with E-state index in [1.54, 1.807) is 68.6 Å². The number of carbonyl (C=O) groups is 2. The lowest BCUT2D eigenvalue weighted by Crippen LogP contribution is -2.31. The number of benzene rings is 3. The lowest BCUT2D eigenvalue weighted by molar-refractivity contribution is -0.114. The Kier molecular flexibility index (Phi) is 8.74. The summed E-state index contributed by atoms with van der Waals surface area (Å²) >= 11 is 7.75. The van der Waals surface area contributed by atoms with Gasteiger partial charge in [-0.15, -0.1) is 0 Å². The molecule has 1 unspecified atom stereocenters. The van der Waals surface area contributed by atoms with Crippen LogP contribution in [-0.2, 0) is 9.59 Å². The fraction of sp³-hybridized carbons (Fsp3) is 0.138. The fourth-order valence-electron chi connectivity index (χ4n) is 4.10. The molecule has 1 aliphatic rings. The van der Waals surface area contributed by atoms with Crippen molar-refractivity contribution in [1.82, 2.24) is 5.32 Å². The van der Waals surface area contributed by atoms with E-state index in [0.717, 1.165) is 0 Å². The molecule has 1 aliphatic heterocycles. The highest BCUT2D eigenvalue weighted by Crippen LogP contribution is 2.43. The van der Waals surface area contributed by atoms with E-state index in [4.69, 9.17) is 16.3 Å². The summed E-state index contributed by atoms with van der Waals surface area (Å²) in [7, 11) is 1.56. The largest absolute Gasteiger partial charge is 0.497 e. The second-order valence-electron chi connectivity index (χ2n) is 8.36. The number of methoxy groups -OCH3 is 1. The van der Waals surface area contributed by atoms with Crippen molar-refractivity contribution in [1.29, 1.82) is 5.26 Å². The zero-order valence-electron chi connectivity index (χ0n) is 20.7. The number of dihydropyridines is 1. The molecule has 192 valence electrons. The molecule has 7 nitrogen and oxygen atoms in total.